The Bertz CT molecular complexity index is 739. The van der Waals surface area contributed by atoms with Crippen LogP contribution in [0.1, 0.15) is 17.3 Å². The summed E-state index contributed by atoms with van der Waals surface area (Å²) in [4.78, 5) is 16.8. The number of carbonyl (C=O) groups is 1. The third kappa shape index (κ3) is 4.20. The zero-order valence-electron chi connectivity index (χ0n) is 14.0. The average Bonchev–Trinajstić information content (AvgIpc) is 2.61. The molecule has 0 unspecified atom stereocenters. The number of hydrogen-bond acceptors (Lipinski definition) is 3. The van der Waals surface area contributed by atoms with Crippen LogP contribution in [0.3, 0.4) is 0 Å². The number of ether oxygens (including phenoxy) is 1. The molecule has 2 aromatic rings. The molecule has 1 saturated heterocycles. The van der Waals surface area contributed by atoms with E-state index in [-0.39, 0.29) is 5.91 Å². The molecule has 0 saturated carbocycles. The highest BCUT2D eigenvalue weighted by molar-refractivity contribution is 6.35. The number of hydrogen-bond donors (Lipinski definition) is 0. The first-order chi connectivity index (χ1) is 12.1. The van der Waals surface area contributed by atoms with Gasteiger partial charge in [-0.3, -0.25) is 4.79 Å². The molecule has 4 nitrogen and oxygen atoms in total. The van der Waals surface area contributed by atoms with Gasteiger partial charge < -0.3 is 14.5 Å². The summed E-state index contributed by atoms with van der Waals surface area (Å²) in [5, 5.41) is 0.945. The molecular weight excluding hydrogens is 359 g/mol. The molecule has 3 rings (SSSR count). The first-order valence-corrected chi connectivity index (χ1v) is 9.06. The molecule has 2 aromatic carbocycles. The Morgan fingerprint density at radius 1 is 1.04 bits per heavy atom. The number of para-hydroxylation sites is 2. The van der Waals surface area contributed by atoms with E-state index < -0.39 is 0 Å². The van der Waals surface area contributed by atoms with Crippen LogP contribution in [0, 0.1) is 0 Å². The van der Waals surface area contributed by atoms with Gasteiger partial charge in [0.1, 0.15) is 5.75 Å². The van der Waals surface area contributed by atoms with E-state index in [4.69, 9.17) is 27.9 Å². The second kappa shape index (κ2) is 7.98. The van der Waals surface area contributed by atoms with Gasteiger partial charge in [0.15, 0.2) is 0 Å². The molecule has 0 spiro atoms. The van der Waals surface area contributed by atoms with Crippen LogP contribution in [0.25, 0.3) is 0 Å². The summed E-state index contributed by atoms with van der Waals surface area (Å²) in [5.74, 6) is 0.841. The number of rotatable bonds is 4. The fourth-order valence-electron chi connectivity index (χ4n) is 3.01. The fraction of sp³-hybridized carbons (Fsp3) is 0.316. The molecule has 1 aliphatic rings. The van der Waals surface area contributed by atoms with E-state index in [1.54, 1.807) is 18.2 Å². The largest absolute Gasteiger partial charge is 0.492 e. The fourth-order valence-corrected chi connectivity index (χ4v) is 3.53. The van der Waals surface area contributed by atoms with E-state index in [0.717, 1.165) is 24.5 Å². The van der Waals surface area contributed by atoms with Crippen LogP contribution >= 0.6 is 23.2 Å². The van der Waals surface area contributed by atoms with Gasteiger partial charge in [-0.15, -0.1) is 0 Å². The van der Waals surface area contributed by atoms with Crippen molar-refractivity contribution >= 4 is 34.8 Å². The first kappa shape index (κ1) is 17.9. The number of nitrogens with zero attached hydrogens (tertiary/aromatic N) is 2. The molecule has 1 aliphatic heterocycles. The summed E-state index contributed by atoms with van der Waals surface area (Å²) in [7, 11) is 0. The van der Waals surface area contributed by atoms with Gasteiger partial charge in [0.2, 0.25) is 0 Å². The van der Waals surface area contributed by atoms with Crippen molar-refractivity contribution in [2.24, 2.45) is 0 Å². The number of halogens is 2. The number of carbonyl (C=O) groups excluding carboxylic acids is 1. The van der Waals surface area contributed by atoms with Crippen molar-refractivity contribution in [1.29, 1.82) is 0 Å². The Morgan fingerprint density at radius 3 is 2.32 bits per heavy atom. The van der Waals surface area contributed by atoms with Crippen molar-refractivity contribution in [1.82, 2.24) is 4.90 Å². The summed E-state index contributed by atoms with van der Waals surface area (Å²) >= 11 is 12.0. The Kier molecular flexibility index (Phi) is 5.71. The van der Waals surface area contributed by atoms with Crippen LogP contribution in [0.15, 0.2) is 42.5 Å². The molecule has 132 valence electrons. The van der Waals surface area contributed by atoms with Crippen LogP contribution in [-0.2, 0) is 0 Å². The van der Waals surface area contributed by atoms with Crippen molar-refractivity contribution in [3.63, 3.8) is 0 Å². The van der Waals surface area contributed by atoms with Crippen LogP contribution < -0.4 is 9.64 Å². The SMILES string of the molecule is CCOc1ccccc1N1CCN(C(=O)c2cc(Cl)cc(Cl)c2)CC1. The normalized spacial score (nSPS) is 14.5. The third-order valence-corrected chi connectivity index (χ3v) is 4.62. The zero-order chi connectivity index (χ0) is 17.8. The molecular formula is C19H20Cl2N2O2. The van der Waals surface area contributed by atoms with Crippen molar-refractivity contribution in [2.45, 2.75) is 6.92 Å². The number of anilines is 1. The lowest BCUT2D eigenvalue weighted by molar-refractivity contribution is 0.0746. The van der Waals surface area contributed by atoms with Gasteiger partial charge in [-0.05, 0) is 37.3 Å². The predicted molar refractivity (Wildman–Crippen MR) is 102 cm³/mol. The minimum Gasteiger partial charge on any atom is -0.492 e. The van der Waals surface area contributed by atoms with E-state index in [9.17, 15) is 4.79 Å². The summed E-state index contributed by atoms with van der Waals surface area (Å²) < 4.78 is 5.71. The lowest BCUT2D eigenvalue weighted by Crippen LogP contribution is -2.48. The van der Waals surface area contributed by atoms with E-state index >= 15 is 0 Å². The van der Waals surface area contributed by atoms with Gasteiger partial charge in [-0.25, -0.2) is 0 Å². The quantitative estimate of drug-likeness (QED) is 0.792. The third-order valence-electron chi connectivity index (χ3n) is 4.18. The minimum atomic E-state index is -0.0397. The molecule has 0 aromatic heterocycles. The van der Waals surface area contributed by atoms with Crippen LogP contribution in [0.4, 0.5) is 5.69 Å². The van der Waals surface area contributed by atoms with Crippen molar-refractivity contribution < 1.29 is 9.53 Å². The van der Waals surface area contributed by atoms with Gasteiger partial charge in [-0.2, -0.15) is 0 Å². The summed E-state index contributed by atoms with van der Waals surface area (Å²) in [5.41, 5.74) is 1.60. The second-order valence-electron chi connectivity index (χ2n) is 5.84. The molecule has 0 atom stereocenters. The van der Waals surface area contributed by atoms with Gasteiger partial charge in [0.05, 0.1) is 12.3 Å². The highest BCUT2D eigenvalue weighted by atomic mass is 35.5. The molecule has 0 radical (unpaired) electrons. The topological polar surface area (TPSA) is 32.8 Å². The van der Waals surface area contributed by atoms with Gasteiger partial charge in [0.25, 0.3) is 5.91 Å². The van der Waals surface area contributed by atoms with Crippen LogP contribution in [-0.4, -0.2) is 43.6 Å². The highest BCUT2D eigenvalue weighted by Gasteiger charge is 2.24. The molecule has 1 fully saturated rings. The molecule has 0 aliphatic carbocycles. The number of benzene rings is 2. The molecule has 0 N–H and O–H groups in total. The standard InChI is InChI=1S/C19H20Cl2N2O2/c1-2-25-18-6-4-3-5-17(18)22-7-9-23(10-8-22)19(24)14-11-15(20)13-16(21)12-14/h3-6,11-13H,2,7-10H2,1H3. The molecule has 0 bridgehead atoms. The number of amides is 1. The second-order valence-corrected chi connectivity index (χ2v) is 6.71. The van der Waals surface area contributed by atoms with Crippen molar-refractivity contribution in [2.75, 3.05) is 37.7 Å². The lowest BCUT2D eigenvalue weighted by Gasteiger charge is -2.36. The van der Waals surface area contributed by atoms with Crippen LogP contribution in [0.2, 0.25) is 10.0 Å². The van der Waals surface area contributed by atoms with Crippen molar-refractivity contribution in [3.8, 4) is 5.75 Å². The molecule has 25 heavy (non-hydrogen) atoms. The first-order valence-electron chi connectivity index (χ1n) is 8.30. The van der Waals surface area contributed by atoms with Gasteiger partial charge in [-0.1, -0.05) is 35.3 Å². The van der Waals surface area contributed by atoms with E-state index in [1.165, 1.54) is 0 Å². The number of piperazine rings is 1. The summed E-state index contributed by atoms with van der Waals surface area (Å²) in [6.07, 6.45) is 0. The van der Waals surface area contributed by atoms with E-state index in [2.05, 4.69) is 11.0 Å². The molecule has 1 heterocycles. The van der Waals surface area contributed by atoms with Gasteiger partial charge in [0, 0.05) is 41.8 Å². The highest BCUT2D eigenvalue weighted by Crippen LogP contribution is 2.29. The van der Waals surface area contributed by atoms with Gasteiger partial charge >= 0.3 is 0 Å². The zero-order valence-corrected chi connectivity index (χ0v) is 15.6. The maximum atomic E-state index is 12.7. The Balaban J connectivity index is 1.68. The van der Waals surface area contributed by atoms with Crippen molar-refractivity contribution in [3.05, 3.63) is 58.1 Å². The Labute approximate surface area is 157 Å². The smallest absolute Gasteiger partial charge is 0.254 e. The molecule has 6 heteroatoms. The predicted octanol–water partition coefficient (Wildman–Crippen LogP) is 4.35. The minimum absolute atomic E-state index is 0.0397. The molecule has 1 amide bonds. The summed E-state index contributed by atoms with van der Waals surface area (Å²) in [6.45, 7) is 5.40. The van der Waals surface area contributed by atoms with E-state index in [1.807, 2.05) is 30.0 Å². The Morgan fingerprint density at radius 2 is 1.68 bits per heavy atom. The lowest BCUT2D eigenvalue weighted by atomic mass is 10.1. The monoisotopic (exact) mass is 378 g/mol. The maximum absolute atomic E-state index is 12.7. The summed E-state index contributed by atoms with van der Waals surface area (Å²) in [6, 6.07) is 13.0. The van der Waals surface area contributed by atoms with Crippen LogP contribution in [0.5, 0.6) is 5.75 Å². The van der Waals surface area contributed by atoms with E-state index in [0.29, 0.717) is 35.3 Å². The average molecular weight is 379 g/mol. The maximum Gasteiger partial charge on any atom is 0.254 e. The Hall–Kier alpha value is -1.91.